The minimum Gasteiger partial charge on any atom is -0.508 e. The number of aromatic nitrogens is 3. The molecule has 0 aliphatic heterocycles. The number of hydrogen-bond acceptors (Lipinski definition) is 7. The Labute approximate surface area is 228 Å². The molecule has 36 heavy (non-hydrogen) atoms. The third-order valence-corrected chi connectivity index (χ3v) is 8.05. The van der Waals surface area contributed by atoms with Crippen LogP contribution in [0.3, 0.4) is 0 Å². The molecule has 0 atom stereocenters. The Bertz CT molecular complexity index is 814. The first-order chi connectivity index (χ1) is 17.7. The van der Waals surface area contributed by atoms with Gasteiger partial charge in [0.1, 0.15) is 5.75 Å². The summed E-state index contributed by atoms with van der Waals surface area (Å²) in [6.45, 7) is 6.68. The maximum absolute atomic E-state index is 10.2. The van der Waals surface area contributed by atoms with E-state index in [9.17, 15) is 5.11 Å². The Morgan fingerprint density at radius 2 is 1.19 bits per heavy atom. The third kappa shape index (κ3) is 13.2. The second-order valence-corrected chi connectivity index (χ2v) is 11.7. The molecule has 0 unspecified atom stereocenters. The summed E-state index contributed by atoms with van der Waals surface area (Å²) < 4.78 is 0. The van der Waals surface area contributed by atoms with E-state index < -0.39 is 0 Å². The number of phenols is 1. The Kier molecular flexibility index (Phi) is 16.8. The molecule has 2 N–H and O–H groups in total. The molecule has 0 fully saturated rings. The van der Waals surface area contributed by atoms with Crippen molar-refractivity contribution < 1.29 is 5.11 Å². The predicted molar refractivity (Wildman–Crippen MR) is 158 cm³/mol. The van der Waals surface area contributed by atoms with Crippen LogP contribution in [0.25, 0.3) is 0 Å². The van der Waals surface area contributed by atoms with Crippen molar-refractivity contribution in [3.8, 4) is 5.75 Å². The van der Waals surface area contributed by atoms with Crippen LogP contribution in [0.2, 0.25) is 0 Å². The highest BCUT2D eigenvalue weighted by Gasteiger charge is 2.10. The van der Waals surface area contributed by atoms with E-state index >= 15 is 0 Å². The van der Waals surface area contributed by atoms with Crippen LogP contribution < -0.4 is 5.32 Å². The minimum atomic E-state index is 0.356. The molecular formula is C29H48N4OS2. The number of thioether (sulfide) groups is 2. The molecule has 1 aromatic carbocycles. The smallest absolute Gasteiger partial charge is 0.232 e. The summed E-state index contributed by atoms with van der Waals surface area (Å²) in [5.74, 6) is 3.03. The molecule has 2 aromatic rings. The zero-order chi connectivity index (χ0) is 25.8. The minimum absolute atomic E-state index is 0.356. The van der Waals surface area contributed by atoms with Crippen molar-refractivity contribution >= 4 is 35.2 Å². The first-order valence-corrected chi connectivity index (χ1v) is 16.2. The molecule has 202 valence electrons. The molecule has 0 aliphatic rings. The Hall–Kier alpha value is -1.47. The fourth-order valence-corrected chi connectivity index (χ4v) is 5.70. The van der Waals surface area contributed by atoms with Crippen molar-refractivity contribution in [2.24, 2.45) is 0 Å². The van der Waals surface area contributed by atoms with Gasteiger partial charge >= 0.3 is 0 Å². The van der Waals surface area contributed by atoms with Gasteiger partial charge in [-0.2, -0.15) is 15.0 Å². The van der Waals surface area contributed by atoms with E-state index in [-0.39, 0.29) is 0 Å². The maximum atomic E-state index is 10.2. The van der Waals surface area contributed by atoms with Gasteiger partial charge in [-0.15, -0.1) is 0 Å². The van der Waals surface area contributed by atoms with E-state index in [0.29, 0.717) is 11.7 Å². The van der Waals surface area contributed by atoms with Crippen molar-refractivity contribution in [2.75, 3.05) is 16.8 Å². The van der Waals surface area contributed by atoms with Crippen LogP contribution in [0.5, 0.6) is 5.75 Å². The van der Waals surface area contributed by atoms with Crippen molar-refractivity contribution in [3.63, 3.8) is 0 Å². The van der Waals surface area contributed by atoms with E-state index in [1.54, 1.807) is 29.6 Å². The summed E-state index contributed by atoms with van der Waals surface area (Å²) in [7, 11) is 0. The van der Waals surface area contributed by atoms with Gasteiger partial charge in [0.15, 0.2) is 10.3 Å². The predicted octanol–water partition coefficient (Wildman–Crippen LogP) is 9.57. The largest absolute Gasteiger partial charge is 0.508 e. The van der Waals surface area contributed by atoms with Crippen molar-refractivity contribution in [2.45, 2.75) is 127 Å². The van der Waals surface area contributed by atoms with Crippen LogP contribution in [0.4, 0.5) is 11.6 Å². The maximum Gasteiger partial charge on any atom is 0.232 e. The average Bonchev–Trinajstić information content (AvgIpc) is 2.88. The van der Waals surface area contributed by atoms with Crippen LogP contribution in [-0.4, -0.2) is 31.6 Å². The third-order valence-electron chi connectivity index (χ3n) is 6.19. The van der Waals surface area contributed by atoms with Gasteiger partial charge in [0, 0.05) is 17.2 Å². The molecule has 7 heteroatoms. The van der Waals surface area contributed by atoms with Gasteiger partial charge in [0.05, 0.1) is 0 Å². The lowest BCUT2D eigenvalue weighted by Crippen LogP contribution is -2.03. The van der Waals surface area contributed by atoms with E-state index in [1.165, 1.54) is 77.0 Å². The molecule has 0 amide bonds. The summed E-state index contributed by atoms with van der Waals surface area (Å²) in [6, 6.07) is 5.67. The zero-order valence-corrected chi connectivity index (χ0v) is 24.5. The number of aromatic hydroxyl groups is 1. The van der Waals surface area contributed by atoms with Gasteiger partial charge in [-0.05, 0) is 49.4 Å². The fraction of sp³-hybridized carbons (Fsp3) is 0.690. The summed E-state index contributed by atoms with van der Waals surface area (Å²) >= 11 is 3.47. The van der Waals surface area contributed by atoms with Gasteiger partial charge in [-0.25, -0.2) is 0 Å². The van der Waals surface area contributed by atoms with Crippen molar-refractivity contribution in [1.82, 2.24) is 15.0 Å². The van der Waals surface area contributed by atoms with Gasteiger partial charge in [-0.1, -0.05) is 115 Å². The van der Waals surface area contributed by atoms with Gasteiger partial charge in [-0.3, -0.25) is 0 Å². The number of anilines is 2. The first-order valence-electron chi connectivity index (χ1n) is 14.3. The lowest BCUT2D eigenvalue weighted by atomic mass is 10.1. The topological polar surface area (TPSA) is 70.9 Å². The second kappa shape index (κ2) is 19.6. The number of hydrogen-bond donors (Lipinski definition) is 2. The zero-order valence-electron chi connectivity index (χ0n) is 22.9. The van der Waals surface area contributed by atoms with Crippen LogP contribution in [-0.2, 0) is 6.42 Å². The summed E-state index contributed by atoms with van der Waals surface area (Å²) in [5.41, 5.74) is 1.87. The number of nitrogens with zero attached hydrogens (tertiary/aromatic N) is 3. The molecule has 5 nitrogen and oxygen atoms in total. The summed E-state index contributed by atoms with van der Waals surface area (Å²) in [5, 5.41) is 15.2. The SMILES string of the molecule is CCCCCCCCSc1nc(Nc2ccc(O)c(CCCC)c2)nc(SCCCCCCCC)n1. The Balaban J connectivity index is 2.00. The fourth-order valence-electron chi connectivity index (χ4n) is 3.97. The van der Waals surface area contributed by atoms with Crippen molar-refractivity contribution in [1.29, 1.82) is 0 Å². The molecule has 1 heterocycles. The number of unbranched alkanes of at least 4 members (excludes halogenated alkanes) is 11. The molecular weight excluding hydrogens is 484 g/mol. The van der Waals surface area contributed by atoms with Gasteiger partial charge in [0.2, 0.25) is 5.95 Å². The molecule has 0 saturated heterocycles. The van der Waals surface area contributed by atoms with E-state index in [1.807, 2.05) is 12.1 Å². The highest BCUT2D eigenvalue weighted by molar-refractivity contribution is 7.99. The molecule has 1 aromatic heterocycles. The normalized spacial score (nSPS) is 11.2. The number of benzene rings is 1. The van der Waals surface area contributed by atoms with Crippen LogP contribution >= 0.6 is 23.5 Å². The van der Waals surface area contributed by atoms with Crippen LogP contribution in [0, 0.1) is 0 Å². The van der Waals surface area contributed by atoms with Gasteiger partial charge in [0.25, 0.3) is 0 Å². The van der Waals surface area contributed by atoms with E-state index in [0.717, 1.165) is 52.3 Å². The highest BCUT2D eigenvalue weighted by atomic mass is 32.2. The standard InChI is InChI=1S/C29H48N4OS2/c1-4-7-10-12-14-16-21-35-28-31-27(30-25-19-20-26(34)24(23-25)18-9-6-3)32-29(33-28)36-22-17-15-13-11-8-5-2/h19-20,23,34H,4-18,21-22H2,1-3H3,(H,30,31,32,33). The molecule has 0 bridgehead atoms. The lowest BCUT2D eigenvalue weighted by molar-refractivity contribution is 0.467. The summed E-state index contributed by atoms with van der Waals surface area (Å²) in [6.07, 6.45) is 18.5. The molecule has 2 rings (SSSR count). The second-order valence-electron chi connectivity index (χ2n) is 9.53. The van der Waals surface area contributed by atoms with Crippen LogP contribution in [0.15, 0.2) is 28.5 Å². The Morgan fingerprint density at radius 1 is 0.667 bits per heavy atom. The molecule has 0 aliphatic carbocycles. The number of phenolic OH excluding ortho intramolecular Hbond substituents is 1. The lowest BCUT2D eigenvalue weighted by Gasteiger charge is -2.11. The average molecular weight is 533 g/mol. The number of rotatable bonds is 21. The summed E-state index contributed by atoms with van der Waals surface area (Å²) in [4.78, 5) is 14.2. The first kappa shape index (κ1) is 30.8. The number of nitrogens with one attached hydrogen (secondary N) is 1. The van der Waals surface area contributed by atoms with E-state index in [4.69, 9.17) is 15.0 Å². The number of aryl methyl sites for hydroxylation is 1. The molecule has 0 spiro atoms. The Morgan fingerprint density at radius 3 is 1.75 bits per heavy atom. The highest BCUT2D eigenvalue weighted by Crippen LogP contribution is 2.27. The van der Waals surface area contributed by atoms with Crippen molar-refractivity contribution in [3.05, 3.63) is 23.8 Å². The molecule has 0 saturated carbocycles. The van der Waals surface area contributed by atoms with E-state index in [2.05, 4.69) is 26.1 Å². The molecule has 0 radical (unpaired) electrons. The quantitative estimate of drug-likeness (QED) is 0.0942. The van der Waals surface area contributed by atoms with Gasteiger partial charge < -0.3 is 10.4 Å². The van der Waals surface area contributed by atoms with Crippen LogP contribution in [0.1, 0.15) is 116 Å². The monoisotopic (exact) mass is 532 g/mol.